The lowest BCUT2D eigenvalue weighted by atomic mass is 9.90. The maximum absolute atomic E-state index is 11.3. The highest BCUT2D eigenvalue weighted by molar-refractivity contribution is 5.76. The van der Waals surface area contributed by atoms with Gasteiger partial charge in [0, 0.05) is 13.0 Å². The first-order valence-corrected chi connectivity index (χ1v) is 4.62. The number of esters is 1. The topological polar surface area (TPSA) is 52.6 Å². The Bertz CT molecular complexity index is 191. The van der Waals surface area contributed by atoms with Crippen molar-refractivity contribution in [2.45, 2.75) is 26.4 Å². The summed E-state index contributed by atoms with van der Waals surface area (Å²) in [5.41, 5.74) is 0. The van der Waals surface area contributed by atoms with Crippen LogP contribution in [0.25, 0.3) is 0 Å². The highest BCUT2D eigenvalue weighted by Crippen LogP contribution is 2.18. The van der Waals surface area contributed by atoms with Crippen LogP contribution in [-0.2, 0) is 19.1 Å². The Morgan fingerprint density at radius 3 is 2.29 bits per heavy atom. The lowest BCUT2D eigenvalue weighted by molar-refractivity contribution is -0.149. The molecule has 0 N–H and O–H groups in total. The van der Waals surface area contributed by atoms with E-state index in [1.807, 2.05) is 6.92 Å². The second-order valence-electron chi connectivity index (χ2n) is 3.41. The Hall–Kier alpha value is -0.900. The number of ether oxygens (including phenoxy) is 2. The molecule has 0 fully saturated rings. The second kappa shape index (κ2) is 6.54. The summed E-state index contributed by atoms with van der Waals surface area (Å²) in [5.74, 6) is -1.10. The number of carbonyl (C=O) groups excluding carboxylic acids is 2. The molecule has 0 rings (SSSR count). The highest BCUT2D eigenvalue weighted by Gasteiger charge is 2.27. The van der Waals surface area contributed by atoms with Crippen molar-refractivity contribution in [3.63, 3.8) is 0 Å². The third-order valence-electron chi connectivity index (χ3n) is 2.34. The van der Waals surface area contributed by atoms with Gasteiger partial charge >= 0.3 is 5.97 Å². The summed E-state index contributed by atoms with van der Waals surface area (Å²) < 4.78 is 9.67. The van der Waals surface area contributed by atoms with Gasteiger partial charge in [-0.05, 0) is 13.3 Å². The molecule has 0 amide bonds. The standard InChI is InChI=1S/C10H18O4/c1-7(6-11)9(10(12)14-4)5-8(2)13-3/h6-9H,5H2,1-4H3. The van der Waals surface area contributed by atoms with Gasteiger partial charge in [0.2, 0.25) is 0 Å². The number of rotatable bonds is 6. The van der Waals surface area contributed by atoms with E-state index in [0.717, 1.165) is 6.29 Å². The van der Waals surface area contributed by atoms with Crippen LogP contribution in [0.3, 0.4) is 0 Å². The fourth-order valence-electron chi connectivity index (χ4n) is 1.23. The minimum atomic E-state index is -0.410. The molecule has 0 spiro atoms. The van der Waals surface area contributed by atoms with Gasteiger partial charge in [0.05, 0.1) is 19.1 Å². The Kier molecular flexibility index (Phi) is 6.12. The van der Waals surface area contributed by atoms with Crippen LogP contribution >= 0.6 is 0 Å². The predicted octanol–water partition coefficient (Wildman–Crippen LogP) is 1.04. The minimum absolute atomic E-state index is 0.0542. The zero-order chi connectivity index (χ0) is 11.1. The molecule has 0 bridgehead atoms. The molecule has 0 aromatic heterocycles. The number of carbonyl (C=O) groups is 2. The third kappa shape index (κ3) is 3.87. The van der Waals surface area contributed by atoms with E-state index in [2.05, 4.69) is 4.74 Å². The number of methoxy groups -OCH3 is 2. The molecular formula is C10H18O4. The van der Waals surface area contributed by atoms with Crippen molar-refractivity contribution >= 4 is 12.3 Å². The molecule has 3 atom stereocenters. The van der Waals surface area contributed by atoms with E-state index in [9.17, 15) is 9.59 Å². The third-order valence-corrected chi connectivity index (χ3v) is 2.34. The molecule has 82 valence electrons. The van der Waals surface area contributed by atoms with E-state index in [1.54, 1.807) is 14.0 Å². The molecule has 0 saturated heterocycles. The fourth-order valence-corrected chi connectivity index (χ4v) is 1.23. The van der Waals surface area contributed by atoms with E-state index in [-0.39, 0.29) is 18.0 Å². The molecule has 4 heteroatoms. The van der Waals surface area contributed by atoms with E-state index < -0.39 is 5.92 Å². The average molecular weight is 202 g/mol. The maximum atomic E-state index is 11.3. The van der Waals surface area contributed by atoms with Crippen molar-refractivity contribution in [3.05, 3.63) is 0 Å². The van der Waals surface area contributed by atoms with Crippen LogP contribution < -0.4 is 0 Å². The Morgan fingerprint density at radius 1 is 1.36 bits per heavy atom. The van der Waals surface area contributed by atoms with Crippen molar-refractivity contribution in [2.75, 3.05) is 14.2 Å². The zero-order valence-electron chi connectivity index (χ0n) is 9.15. The summed E-state index contributed by atoms with van der Waals surface area (Å²) in [5, 5.41) is 0. The summed E-state index contributed by atoms with van der Waals surface area (Å²) in [7, 11) is 2.90. The van der Waals surface area contributed by atoms with Crippen LogP contribution in [0.5, 0.6) is 0 Å². The summed E-state index contributed by atoms with van der Waals surface area (Å²) in [6, 6.07) is 0. The molecular weight excluding hydrogens is 184 g/mol. The van der Waals surface area contributed by atoms with Crippen LogP contribution in [0.4, 0.5) is 0 Å². The molecule has 0 heterocycles. The zero-order valence-corrected chi connectivity index (χ0v) is 9.15. The molecule has 4 nitrogen and oxygen atoms in total. The monoisotopic (exact) mass is 202 g/mol. The quantitative estimate of drug-likeness (QED) is 0.477. The number of hydrogen-bond donors (Lipinski definition) is 0. The van der Waals surface area contributed by atoms with E-state index in [1.165, 1.54) is 7.11 Å². The van der Waals surface area contributed by atoms with Gasteiger partial charge in [-0.25, -0.2) is 0 Å². The van der Waals surface area contributed by atoms with Crippen molar-refractivity contribution in [3.8, 4) is 0 Å². The number of aldehydes is 1. The summed E-state index contributed by atoms with van der Waals surface area (Å²) >= 11 is 0. The lowest BCUT2D eigenvalue weighted by Gasteiger charge is -2.20. The van der Waals surface area contributed by atoms with Gasteiger partial charge in [0.15, 0.2) is 0 Å². The first-order chi connectivity index (χ1) is 6.56. The summed E-state index contributed by atoms with van der Waals surface area (Å²) in [6.07, 6.45) is 1.22. The van der Waals surface area contributed by atoms with E-state index in [0.29, 0.717) is 6.42 Å². The van der Waals surface area contributed by atoms with Crippen LogP contribution in [0.1, 0.15) is 20.3 Å². The smallest absolute Gasteiger partial charge is 0.309 e. The molecule has 14 heavy (non-hydrogen) atoms. The fraction of sp³-hybridized carbons (Fsp3) is 0.800. The van der Waals surface area contributed by atoms with E-state index >= 15 is 0 Å². The van der Waals surface area contributed by atoms with Crippen molar-refractivity contribution in [1.82, 2.24) is 0 Å². The van der Waals surface area contributed by atoms with Crippen LogP contribution in [0, 0.1) is 11.8 Å². The van der Waals surface area contributed by atoms with Crippen LogP contribution in [-0.4, -0.2) is 32.6 Å². The Morgan fingerprint density at radius 2 is 1.93 bits per heavy atom. The van der Waals surface area contributed by atoms with Crippen molar-refractivity contribution in [1.29, 1.82) is 0 Å². The SMILES string of the molecule is COC(=O)C(CC(C)OC)C(C)C=O. The van der Waals surface area contributed by atoms with Crippen molar-refractivity contribution in [2.24, 2.45) is 11.8 Å². The maximum Gasteiger partial charge on any atom is 0.309 e. The van der Waals surface area contributed by atoms with Gasteiger partial charge in [0.1, 0.15) is 6.29 Å². The van der Waals surface area contributed by atoms with Crippen LogP contribution in [0.15, 0.2) is 0 Å². The molecule has 0 aliphatic heterocycles. The van der Waals surface area contributed by atoms with Gasteiger partial charge in [-0.1, -0.05) is 6.92 Å². The Labute approximate surface area is 84.6 Å². The summed E-state index contributed by atoms with van der Waals surface area (Å²) in [4.78, 5) is 21.9. The summed E-state index contributed by atoms with van der Waals surface area (Å²) in [6.45, 7) is 3.56. The van der Waals surface area contributed by atoms with Crippen LogP contribution in [0.2, 0.25) is 0 Å². The average Bonchev–Trinajstić information content (AvgIpc) is 2.23. The molecule has 3 unspecified atom stereocenters. The normalized spacial score (nSPS) is 16.9. The molecule has 0 aromatic rings. The minimum Gasteiger partial charge on any atom is -0.469 e. The molecule has 0 radical (unpaired) electrons. The largest absolute Gasteiger partial charge is 0.469 e. The van der Waals surface area contributed by atoms with Gasteiger partial charge in [-0.3, -0.25) is 4.79 Å². The van der Waals surface area contributed by atoms with E-state index in [4.69, 9.17) is 4.74 Å². The van der Waals surface area contributed by atoms with Gasteiger partial charge in [-0.15, -0.1) is 0 Å². The predicted molar refractivity (Wildman–Crippen MR) is 51.8 cm³/mol. The molecule has 0 saturated carbocycles. The first-order valence-electron chi connectivity index (χ1n) is 4.62. The molecule has 0 aromatic carbocycles. The first kappa shape index (κ1) is 13.1. The Balaban J connectivity index is 4.39. The lowest BCUT2D eigenvalue weighted by Crippen LogP contribution is -2.28. The van der Waals surface area contributed by atoms with Crippen molar-refractivity contribution < 1.29 is 19.1 Å². The number of hydrogen-bond acceptors (Lipinski definition) is 4. The molecule has 0 aliphatic carbocycles. The molecule has 0 aliphatic rings. The second-order valence-corrected chi connectivity index (χ2v) is 3.41. The van der Waals surface area contributed by atoms with Gasteiger partial charge in [-0.2, -0.15) is 0 Å². The van der Waals surface area contributed by atoms with Gasteiger partial charge in [0.25, 0.3) is 0 Å². The van der Waals surface area contributed by atoms with Gasteiger partial charge < -0.3 is 14.3 Å². The highest BCUT2D eigenvalue weighted by atomic mass is 16.5.